The molecule has 0 atom stereocenters. The molecule has 0 bridgehead atoms. The van der Waals surface area contributed by atoms with Gasteiger partial charge in [-0.2, -0.15) is 0 Å². The van der Waals surface area contributed by atoms with Gasteiger partial charge in [0.1, 0.15) is 11.3 Å². The Morgan fingerprint density at radius 3 is 2.68 bits per heavy atom. The molecule has 0 aliphatic carbocycles. The van der Waals surface area contributed by atoms with Crippen LogP contribution in [0.3, 0.4) is 0 Å². The second-order valence-electron chi connectivity index (χ2n) is 4.75. The molecule has 22 heavy (non-hydrogen) atoms. The van der Waals surface area contributed by atoms with Crippen LogP contribution in [-0.4, -0.2) is 30.3 Å². The minimum Gasteiger partial charge on any atom is -0.507 e. The highest BCUT2D eigenvalue weighted by Gasteiger charge is 2.13. The van der Waals surface area contributed by atoms with E-state index in [0.29, 0.717) is 18.5 Å². The monoisotopic (exact) mass is 330 g/mol. The van der Waals surface area contributed by atoms with Gasteiger partial charge in [0.2, 0.25) is 5.91 Å². The maximum atomic E-state index is 11.8. The number of carbonyl (C=O) groups excluding carboxylic acids is 2. The predicted molar refractivity (Wildman–Crippen MR) is 86.0 cm³/mol. The Hall–Kier alpha value is -1.79. The maximum absolute atomic E-state index is 11.8. The number of unbranched alkanes of at least 4 members (excludes halogenated alkanes) is 2. The molecule has 0 unspecified atom stereocenters. The zero-order valence-electron chi connectivity index (χ0n) is 12.6. The minimum atomic E-state index is -0.667. The molecule has 4 N–H and O–H groups in total. The highest BCUT2D eigenvalue weighted by Crippen LogP contribution is 2.21. The predicted octanol–water partition coefficient (Wildman–Crippen LogP) is 1.87. The lowest BCUT2D eigenvalue weighted by Crippen LogP contribution is -2.27. The number of carbonyl (C=O) groups is 2. The van der Waals surface area contributed by atoms with Crippen molar-refractivity contribution in [1.82, 2.24) is 5.32 Å². The normalized spacial score (nSPS) is 9.73. The summed E-state index contributed by atoms with van der Waals surface area (Å²) in [6.45, 7) is 2.11. The number of phenolic OH excluding ortho intramolecular Hbond substituents is 1. The van der Waals surface area contributed by atoms with Crippen LogP contribution in [0.25, 0.3) is 0 Å². The molecule has 0 fully saturated rings. The number of benzene rings is 1. The summed E-state index contributed by atoms with van der Waals surface area (Å²) < 4.78 is 4.91. The topological polar surface area (TPSA) is 102 Å². The fourth-order valence-corrected chi connectivity index (χ4v) is 1.78. The lowest BCUT2D eigenvalue weighted by Gasteiger charge is -2.09. The summed E-state index contributed by atoms with van der Waals surface area (Å²) in [5.41, 5.74) is 6.04. The number of hydrogen-bond donors (Lipinski definition) is 3. The minimum absolute atomic E-state index is 0. The second-order valence-corrected chi connectivity index (χ2v) is 4.75. The first-order chi connectivity index (χ1) is 10.1. The van der Waals surface area contributed by atoms with Gasteiger partial charge in [-0.15, -0.1) is 12.4 Å². The Morgan fingerprint density at radius 1 is 1.27 bits per heavy atom. The molecule has 0 aromatic heterocycles. The van der Waals surface area contributed by atoms with E-state index in [0.717, 1.165) is 19.3 Å². The highest BCUT2D eigenvalue weighted by molar-refractivity contribution is 5.93. The molecular weight excluding hydrogens is 308 g/mol. The van der Waals surface area contributed by atoms with Gasteiger partial charge in [0, 0.05) is 6.42 Å². The molecule has 1 aromatic rings. The molecule has 6 nitrogen and oxygen atoms in total. The number of amides is 1. The fourth-order valence-electron chi connectivity index (χ4n) is 1.78. The summed E-state index contributed by atoms with van der Waals surface area (Å²) in [5.74, 6) is -0.941. The van der Waals surface area contributed by atoms with Gasteiger partial charge in [0.25, 0.3) is 0 Å². The van der Waals surface area contributed by atoms with E-state index < -0.39 is 5.97 Å². The van der Waals surface area contributed by atoms with Crippen molar-refractivity contribution in [3.05, 3.63) is 29.3 Å². The third-order valence-electron chi connectivity index (χ3n) is 3.04. The van der Waals surface area contributed by atoms with Crippen molar-refractivity contribution >= 4 is 24.3 Å². The van der Waals surface area contributed by atoms with Gasteiger partial charge in [0.15, 0.2) is 6.73 Å². The summed E-state index contributed by atoms with van der Waals surface area (Å²) in [7, 11) is 0. The second kappa shape index (κ2) is 10.9. The van der Waals surface area contributed by atoms with E-state index in [1.807, 2.05) is 0 Å². The molecule has 7 heteroatoms. The Morgan fingerprint density at radius 2 is 2.00 bits per heavy atom. The molecular formula is C15H23ClN2O4. The van der Waals surface area contributed by atoms with Gasteiger partial charge >= 0.3 is 5.97 Å². The average Bonchev–Trinajstić information content (AvgIpc) is 2.46. The number of rotatable bonds is 8. The van der Waals surface area contributed by atoms with Crippen molar-refractivity contribution in [2.24, 2.45) is 5.73 Å². The number of nitrogens with one attached hydrogen (secondary N) is 1. The third kappa shape index (κ3) is 6.78. The molecule has 1 amide bonds. The van der Waals surface area contributed by atoms with Crippen LogP contribution >= 0.6 is 12.4 Å². The molecule has 0 heterocycles. The van der Waals surface area contributed by atoms with Gasteiger partial charge in [-0.25, -0.2) is 4.79 Å². The Labute approximate surface area is 136 Å². The lowest BCUT2D eigenvalue weighted by molar-refractivity contribution is -0.122. The standard InChI is InChI=1S/C15H22N2O4.ClH/c1-11-6-5-7-12(14(11)19)15(20)21-10-17-13(18)8-3-2-4-9-16;/h5-7,19H,2-4,8-10,16H2,1H3,(H,17,18);1H. The van der Waals surface area contributed by atoms with Crippen molar-refractivity contribution < 1.29 is 19.4 Å². The van der Waals surface area contributed by atoms with Crippen LogP contribution in [0.2, 0.25) is 0 Å². The van der Waals surface area contributed by atoms with Crippen LogP contribution in [0.5, 0.6) is 5.75 Å². The molecule has 0 saturated carbocycles. The summed E-state index contributed by atoms with van der Waals surface area (Å²) in [6, 6.07) is 4.82. The molecule has 1 rings (SSSR count). The number of phenols is 1. The molecule has 0 aliphatic heterocycles. The van der Waals surface area contributed by atoms with E-state index >= 15 is 0 Å². The summed E-state index contributed by atoms with van der Waals surface area (Å²) >= 11 is 0. The number of aromatic hydroxyl groups is 1. The Bertz CT molecular complexity index is 494. The number of ether oxygens (including phenoxy) is 1. The first-order valence-corrected chi connectivity index (χ1v) is 6.98. The molecule has 0 aliphatic rings. The number of para-hydroxylation sites is 1. The number of aryl methyl sites for hydroxylation is 1. The molecule has 0 spiro atoms. The number of hydrogen-bond acceptors (Lipinski definition) is 5. The lowest BCUT2D eigenvalue weighted by atomic mass is 10.1. The van der Waals surface area contributed by atoms with Crippen molar-refractivity contribution in [2.45, 2.75) is 32.6 Å². The number of esters is 1. The van der Waals surface area contributed by atoms with Crippen molar-refractivity contribution in [3.8, 4) is 5.75 Å². The first-order valence-electron chi connectivity index (χ1n) is 6.98. The van der Waals surface area contributed by atoms with Crippen LogP contribution < -0.4 is 11.1 Å². The first kappa shape index (κ1) is 20.2. The number of halogens is 1. The van der Waals surface area contributed by atoms with Gasteiger partial charge in [-0.3, -0.25) is 4.79 Å². The molecule has 1 aromatic carbocycles. The van der Waals surface area contributed by atoms with Crippen LogP contribution in [0, 0.1) is 6.92 Å². The van der Waals surface area contributed by atoms with Crippen molar-refractivity contribution in [2.75, 3.05) is 13.3 Å². The van der Waals surface area contributed by atoms with E-state index in [4.69, 9.17) is 10.5 Å². The van der Waals surface area contributed by atoms with Crippen LogP contribution in [0.15, 0.2) is 18.2 Å². The zero-order valence-corrected chi connectivity index (χ0v) is 13.4. The summed E-state index contributed by atoms with van der Waals surface area (Å²) in [4.78, 5) is 23.2. The SMILES string of the molecule is Cc1cccc(C(=O)OCNC(=O)CCCCCN)c1O.Cl. The van der Waals surface area contributed by atoms with Gasteiger partial charge in [-0.05, 0) is 37.9 Å². The van der Waals surface area contributed by atoms with Crippen LogP contribution in [0.4, 0.5) is 0 Å². The quantitative estimate of drug-likeness (QED) is 0.384. The largest absolute Gasteiger partial charge is 0.507 e. The van der Waals surface area contributed by atoms with Crippen LogP contribution in [0.1, 0.15) is 41.6 Å². The van der Waals surface area contributed by atoms with Gasteiger partial charge in [0.05, 0.1) is 0 Å². The van der Waals surface area contributed by atoms with Gasteiger partial charge < -0.3 is 20.9 Å². The average molecular weight is 331 g/mol. The number of nitrogens with two attached hydrogens (primary N) is 1. The highest BCUT2D eigenvalue weighted by atomic mass is 35.5. The van der Waals surface area contributed by atoms with Crippen molar-refractivity contribution in [1.29, 1.82) is 0 Å². The smallest absolute Gasteiger partial charge is 0.343 e. The molecule has 124 valence electrons. The summed E-state index contributed by atoms with van der Waals surface area (Å²) in [5, 5.41) is 12.2. The maximum Gasteiger partial charge on any atom is 0.343 e. The summed E-state index contributed by atoms with van der Waals surface area (Å²) in [6.07, 6.45) is 2.94. The Balaban J connectivity index is 0.00000441. The van der Waals surface area contributed by atoms with E-state index in [1.54, 1.807) is 19.1 Å². The molecule has 0 saturated heterocycles. The Kier molecular flexibility index (Phi) is 9.98. The van der Waals surface area contributed by atoms with Crippen LogP contribution in [-0.2, 0) is 9.53 Å². The third-order valence-corrected chi connectivity index (χ3v) is 3.04. The van der Waals surface area contributed by atoms with E-state index in [1.165, 1.54) is 6.07 Å². The zero-order chi connectivity index (χ0) is 15.7. The van der Waals surface area contributed by atoms with E-state index in [-0.39, 0.29) is 36.4 Å². The van der Waals surface area contributed by atoms with Gasteiger partial charge in [-0.1, -0.05) is 18.6 Å². The van der Waals surface area contributed by atoms with E-state index in [9.17, 15) is 14.7 Å². The van der Waals surface area contributed by atoms with Crippen molar-refractivity contribution in [3.63, 3.8) is 0 Å². The van der Waals surface area contributed by atoms with E-state index in [2.05, 4.69) is 5.32 Å². The molecule has 0 radical (unpaired) electrons. The fraction of sp³-hybridized carbons (Fsp3) is 0.467.